The molecular formula is C17H13Cl2N3O3. The van der Waals surface area contributed by atoms with Crippen LogP contribution in [0.3, 0.4) is 0 Å². The molecule has 2 heterocycles. The number of methoxy groups -OCH3 is 1. The van der Waals surface area contributed by atoms with Crippen molar-refractivity contribution >= 4 is 29.1 Å². The molecule has 25 heavy (non-hydrogen) atoms. The second kappa shape index (κ2) is 7.55. The Morgan fingerprint density at radius 1 is 1.24 bits per heavy atom. The molecule has 0 saturated heterocycles. The largest absolute Gasteiger partial charge is 0.497 e. The number of carbonyl (C=O) groups is 1. The van der Waals surface area contributed by atoms with E-state index < -0.39 is 5.91 Å². The van der Waals surface area contributed by atoms with Crippen LogP contribution in [-0.2, 0) is 6.54 Å². The third-order valence-electron chi connectivity index (χ3n) is 3.42. The molecule has 6 nitrogen and oxygen atoms in total. The number of nitrogens with zero attached hydrogens (tertiary/aromatic N) is 2. The van der Waals surface area contributed by atoms with Crippen LogP contribution in [0.4, 0.5) is 0 Å². The first-order valence-electron chi connectivity index (χ1n) is 7.26. The molecule has 1 amide bonds. The van der Waals surface area contributed by atoms with Gasteiger partial charge in [0.05, 0.1) is 24.2 Å². The van der Waals surface area contributed by atoms with Crippen LogP contribution >= 0.6 is 23.2 Å². The molecule has 1 N–H and O–H groups in total. The van der Waals surface area contributed by atoms with Crippen molar-refractivity contribution in [2.24, 2.45) is 0 Å². The minimum atomic E-state index is -0.401. The van der Waals surface area contributed by atoms with E-state index in [2.05, 4.69) is 15.5 Å². The van der Waals surface area contributed by atoms with Gasteiger partial charge in [-0.25, -0.2) is 4.98 Å². The van der Waals surface area contributed by atoms with E-state index in [1.165, 1.54) is 12.3 Å². The van der Waals surface area contributed by atoms with Gasteiger partial charge in [0, 0.05) is 17.8 Å². The zero-order valence-corrected chi connectivity index (χ0v) is 14.6. The highest BCUT2D eigenvalue weighted by Crippen LogP contribution is 2.22. The van der Waals surface area contributed by atoms with Crippen LogP contribution in [0.25, 0.3) is 11.3 Å². The molecule has 0 atom stereocenters. The van der Waals surface area contributed by atoms with Crippen LogP contribution in [0.2, 0.25) is 10.2 Å². The number of rotatable bonds is 5. The lowest BCUT2D eigenvalue weighted by molar-refractivity contribution is 0.0947. The van der Waals surface area contributed by atoms with E-state index in [0.717, 1.165) is 11.3 Å². The van der Waals surface area contributed by atoms with E-state index in [4.69, 9.17) is 32.5 Å². The van der Waals surface area contributed by atoms with Crippen LogP contribution in [0.5, 0.6) is 5.75 Å². The van der Waals surface area contributed by atoms with Gasteiger partial charge >= 0.3 is 0 Å². The maximum absolute atomic E-state index is 12.2. The number of hydrogen-bond acceptors (Lipinski definition) is 5. The Bertz CT molecular complexity index is 894. The van der Waals surface area contributed by atoms with Crippen molar-refractivity contribution in [3.63, 3.8) is 0 Å². The van der Waals surface area contributed by atoms with Gasteiger partial charge in [0.1, 0.15) is 16.6 Å². The molecule has 3 aromatic rings. The molecule has 0 aliphatic carbocycles. The topological polar surface area (TPSA) is 77.2 Å². The Kier molecular flexibility index (Phi) is 5.21. The molecule has 0 bridgehead atoms. The molecule has 0 aliphatic heterocycles. The van der Waals surface area contributed by atoms with Crippen molar-refractivity contribution in [1.82, 2.24) is 15.5 Å². The van der Waals surface area contributed by atoms with Crippen LogP contribution in [0, 0.1) is 0 Å². The van der Waals surface area contributed by atoms with Gasteiger partial charge in [0.2, 0.25) is 0 Å². The molecular weight excluding hydrogens is 365 g/mol. The van der Waals surface area contributed by atoms with E-state index >= 15 is 0 Å². The summed E-state index contributed by atoms with van der Waals surface area (Å²) < 4.78 is 10.4. The average Bonchev–Trinajstić information content (AvgIpc) is 3.11. The van der Waals surface area contributed by atoms with Crippen LogP contribution < -0.4 is 10.1 Å². The quantitative estimate of drug-likeness (QED) is 0.680. The standard InChI is InChI=1S/C17H13Cl2N3O3/c1-24-12-4-2-10(3-5-12)15-7-13(25-22-15)9-21-17(23)14-6-11(18)8-20-16(14)19/h2-8H,9H2,1H3,(H,21,23). The normalized spacial score (nSPS) is 10.5. The maximum atomic E-state index is 12.2. The van der Waals surface area contributed by atoms with Crippen molar-refractivity contribution in [3.8, 4) is 17.0 Å². The first kappa shape index (κ1) is 17.3. The Labute approximate surface area is 153 Å². The summed E-state index contributed by atoms with van der Waals surface area (Å²) in [6, 6.07) is 10.6. The summed E-state index contributed by atoms with van der Waals surface area (Å²) in [5.41, 5.74) is 1.74. The van der Waals surface area contributed by atoms with Crippen molar-refractivity contribution in [2.45, 2.75) is 6.54 Å². The fourth-order valence-electron chi connectivity index (χ4n) is 2.14. The van der Waals surface area contributed by atoms with E-state index in [0.29, 0.717) is 16.5 Å². The number of pyridine rings is 1. The highest BCUT2D eigenvalue weighted by Gasteiger charge is 2.13. The van der Waals surface area contributed by atoms with E-state index in [1.807, 2.05) is 24.3 Å². The minimum Gasteiger partial charge on any atom is -0.497 e. The Morgan fingerprint density at radius 3 is 2.72 bits per heavy atom. The number of carbonyl (C=O) groups excluding carboxylic acids is 1. The monoisotopic (exact) mass is 377 g/mol. The van der Waals surface area contributed by atoms with E-state index in [-0.39, 0.29) is 17.3 Å². The number of nitrogens with one attached hydrogen (secondary N) is 1. The van der Waals surface area contributed by atoms with Gasteiger partial charge in [-0.05, 0) is 30.3 Å². The highest BCUT2D eigenvalue weighted by atomic mass is 35.5. The molecule has 8 heteroatoms. The third-order valence-corrected chi connectivity index (χ3v) is 3.93. The first-order valence-corrected chi connectivity index (χ1v) is 8.01. The molecule has 0 radical (unpaired) electrons. The first-order chi connectivity index (χ1) is 12.1. The summed E-state index contributed by atoms with van der Waals surface area (Å²) in [5, 5.41) is 7.10. The molecule has 3 rings (SSSR count). The fourth-order valence-corrected chi connectivity index (χ4v) is 2.49. The summed E-state index contributed by atoms with van der Waals surface area (Å²) in [6.07, 6.45) is 1.37. The molecule has 0 spiro atoms. The third kappa shape index (κ3) is 4.10. The Hall–Kier alpha value is -2.57. The fraction of sp³-hybridized carbons (Fsp3) is 0.118. The molecule has 1 aromatic carbocycles. The van der Waals surface area contributed by atoms with E-state index in [9.17, 15) is 4.79 Å². The summed E-state index contributed by atoms with van der Waals surface area (Å²) in [6.45, 7) is 0.158. The second-order valence-electron chi connectivity index (χ2n) is 5.08. The summed E-state index contributed by atoms with van der Waals surface area (Å²) >= 11 is 11.7. The molecule has 0 fully saturated rings. The SMILES string of the molecule is COc1ccc(-c2cc(CNC(=O)c3cc(Cl)cnc3Cl)on2)cc1. The number of amides is 1. The number of hydrogen-bond donors (Lipinski definition) is 1. The van der Waals surface area contributed by atoms with Gasteiger partial charge in [-0.2, -0.15) is 0 Å². The predicted molar refractivity (Wildman–Crippen MR) is 93.9 cm³/mol. The van der Waals surface area contributed by atoms with Crippen molar-refractivity contribution in [3.05, 3.63) is 64.1 Å². The van der Waals surface area contributed by atoms with Gasteiger partial charge in [-0.15, -0.1) is 0 Å². The predicted octanol–water partition coefficient (Wildman–Crippen LogP) is 3.98. The zero-order chi connectivity index (χ0) is 17.8. The summed E-state index contributed by atoms with van der Waals surface area (Å²) in [5.74, 6) is 0.861. The number of benzene rings is 1. The summed E-state index contributed by atoms with van der Waals surface area (Å²) in [4.78, 5) is 16.0. The van der Waals surface area contributed by atoms with Gasteiger partial charge in [-0.1, -0.05) is 28.4 Å². The van der Waals surface area contributed by atoms with Crippen LogP contribution in [0.15, 0.2) is 47.1 Å². The molecule has 0 aliphatic rings. The maximum Gasteiger partial charge on any atom is 0.254 e. The lowest BCUT2D eigenvalue weighted by Gasteiger charge is -2.04. The number of halogens is 2. The Morgan fingerprint density at radius 2 is 2.00 bits per heavy atom. The van der Waals surface area contributed by atoms with Crippen LogP contribution in [0.1, 0.15) is 16.1 Å². The Balaban J connectivity index is 1.67. The molecule has 0 unspecified atom stereocenters. The van der Waals surface area contributed by atoms with E-state index in [1.54, 1.807) is 13.2 Å². The average molecular weight is 378 g/mol. The van der Waals surface area contributed by atoms with Crippen molar-refractivity contribution < 1.29 is 14.1 Å². The second-order valence-corrected chi connectivity index (χ2v) is 5.88. The number of aromatic nitrogens is 2. The number of ether oxygens (including phenoxy) is 1. The lowest BCUT2D eigenvalue weighted by Crippen LogP contribution is -2.23. The van der Waals surface area contributed by atoms with Gasteiger partial charge in [-0.3, -0.25) is 4.79 Å². The zero-order valence-electron chi connectivity index (χ0n) is 13.1. The lowest BCUT2D eigenvalue weighted by atomic mass is 10.1. The highest BCUT2D eigenvalue weighted by molar-refractivity contribution is 6.34. The molecule has 0 saturated carbocycles. The minimum absolute atomic E-state index is 0.0818. The van der Waals surface area contributed by atoms with Crippen molar-refractivity contribution in [1.29, 1.82) is 0 Å². The van der Waals surface area contributed by atoms with Gasteiger partial charge in [0.25, 0.3) is 5.91 Å². The molecule has 2 aromatic heterocycles. The van der Waals surface area contributed by atoms with Crippen molar-refractivity contribution in [2.75, 3.05) is 7.11 Å². The van der Waals surface area contributed by atoms with Gasteiger partial charge < -0.3 is 14.6 Å². The molecule has 128 valence electrons. The van der Waals surface area contributed by atoms with Gasteiger partial charge in [0.15, 0.2) is 5.76 Å². The van der Waals surface area contributed by atoms with Crippen LogP contribution in [-0.4, -0.2) is 23.2 Å². The summed E-state index contributed by atoms with van der Waals surface area (Å²) in [7, 11) is 1.60. The smallest absolute Gasteiger partial charge is 0.254 e.